The lowest BCUT2D eigenvalue weighted by molar-refractivity contribution is -0.122. The van der Waals surface area contributed by atoms with Crippen LogP contribution < -0.4 is 10.2 Å². The van der Waals surface area contributed by atoms with Crippen molar-refractivity contribution in [1.82, 2.24) is 4.57 Å². The van der Waals surface area contributed by atoms with Crippen LogP contribution in [0, 0.1) is 13.8 Å². The predicted octanol–water partition coefficient (Wildman–Crippen LogP) is 3.36. The van der Waals surface area contributed by atoms with Crippen molar-refractivity contribution in [3.63, 3.8) is 0 Å². The number of para-hydroxylation sites is 2. The van der Waals surface area contributed by atoms with E-state index in [0.717, 1.165) is 24.2 Å². The minimum Gasteiger partial charge on any atom is -0.452 e. The summed E-state index contributed by atoms with van der Waals surface area (Å²) in [4.78, 5) is 39.2. The van der Waals surface area contributed by atoms with Gasteiger partial charge in [-0.25, -0.2) is 4.79 Å². The van der Waals surface area contributed by atoms with Gasteiger partial charge in [0.15, 0.2) is 6.61 Å². The zero-order valence-electron chi connectivity index (χ0n) is 16.9. The highest BCUT2D eigenvalue weighted by Crippen LogP contribution is 2.38. The van der Waals surface area contributed by atoms with Gasteiger partial charge in [-0.1, -0.05) is 12.1 Å². The average Bonchev–Trinajstić information content (AvgIpc) is 3.46. The van der Waals surface area contributed by atoms with Gasteiger partial charge in [0.1, 0.15) is 0 Å². The predicted molar refractivity (Wildman–Crippen MR) is 109 cm³/mol. The van der Waals surface area contributed by atoms with Gasteiger partial charge in [0.2, 0.25) is 5.91 Å². The maximum atomic E-state index is 12.9. The Balaban J connectivity index is 1.50. The molecule has 1 aliphatic carbocycles. The van der Waals surface area contributed by atoms with Crippen LogP contribution >= 0.6 is 0 Å². The van der Waals surface area contributed by atoms with Crippen molar-refractivity contribution in [3.05, 3.63) is 47.3 Å². The molecule has 1 aromatic heterocycles. The van der Waals surface area contributed by atoms with Crippen LogP contribution in [-0.4, -0.2) is 35.0 Å². The SMILES string of the molecule is Cc1cc(C(=O)OCC(=O)N2c3ccccc3NC(=O)CC2C)c(C)n1C1CC1. The van der Waals surface area contributed by atoms with Gasteiger partial charge in [-0.15, -0.1) is 0 Å². The molecule has 0 radical (unpaired) electrons. The summed E-state index contributed by atoms with van der Waals surface area (Å²) < 4.78 is 7.54. The van der Waals surface area contributed by atoms with Gasteiger partial charge < -0.3 is 19.5 Å². The summed E-state index contributed by atoms with van der Waals surface area (Å²) in [5.41, 5.74) is 3.60. The Morgan fingerprint density at radius 2 is 1.93 bits per heavy atom. The third-order valence-electron chi connectivity index (χ3n) is 5.57. The number of benzene rings is 1. The van der Waals surface area contributed by atoms with Crippen molar-refractivity contribution in [2.45, 2.75) is 52.1 Å². The van der Waals surface area contributed by atoms with Crippen LogP contribution in [-0.2, 0) is 14.3 Å². The van der Waals surface area contributed by atoms with Crippen LogP contribution in [0.15, 0.2) is 30.3 Å². The molecule has 1 saturated carbocycles. The van der Waals surface area contributed by atoms with E-state index in [1.54, 1.807) is 18.2 Å². The second-order valence-corrected chi connectivity index (χ2v) is 7.84. The Hall–Kier alpha value is -3.09. The molecule has 0 spiro atoms. The zero-order chi connectivity index (χ0) is 20.7. The number of carbonyl (C=O) groups is 3. The van der Waals surface area contributed by atoms with Crippen LogP contribution in [0.2, 0.25) is 0 Å². The number of hydrogen-bond donors (Lipinski definition) is 1. The molecule has 2 aliphatic rings. The van der Waals surface area contributed by atoms with Crippen molar-refractivity contribution in [2.24, 2.45) is 0 Å². The minimum atomic E-state index is -0.497. The summed E-state index contributed by atoms with van der Waals surface area (Å²) in [6.45, 7) is 5.32. The third kappa shape index (κ3) is 3.64. The van der Waals surface area contributed by atoms with Crippen molar-refractivity contribution in [2.75, 3.05) is 16.8 Å². The Bertz CT molecular complexity index is 990. The molecule has 2 heterocycles. The molecule has 2 aromatic rings. The first-order chi connectivity index (χ1) is 13.9. The zero-order valence-corrected chi connectivity index (χ0v) is 16.9. The molecule has 7 heteroatoms. The summed E-state index contributed by atoms with van der Waals surface area (Å²) in [7, 11) is 0. The topological polar surface area (TPSA) is 80.6 Å². The van der Waals surface area contributed by atoms with Crippen LogP contribution in [0.5, 0.6) is 0 Å². The van der Waals surface area contributed by atoms with E-state index in [4.69, 9.17) is 4.74 Å². The number of ether oxygens (including phenoxy) is 1. The van der Waals surface area contributed by atoms with Crippen molar-refractivity contribution in [3.8, 4) is 0 Å². The Kier molecular flexibility index (Phi) is 4.90. The summed E-state index contributed by atoms with van der Waals surface area (Å²) >= 11 is 0. The molecular weight excluding hydrogens is 370 g/mol. The molecule has 0 bridgehead atoms. The van der Waals surface area contributed by atoms with Gasteiger partial charge in [-0.2, -0.15) is 0 Å². The quantitative estimate of drug-likeness (QED) is 0.805. The number of hydrogen-bond acceptors (Lipinski definition) is 4. The maximum Gasteiger partial charge on any atom is 0.340 e. The first kappa shape index (κ1) is 19.2. The van der Waals surface area contributed by atoms with E-state index < -0.39 is 5.97 Å². The van der Waals surface area contributed by atoms with Crippen molar-refractivity contribution in [1.29, 1.82) is 0 Å². The Morgan fingerprint density at radius 1 is 1.21 bits per heavy atom. The second-order valence-electron chi connectivity index (χ2n) is 7.84. The minimum absolute atomic E-state index is 0.148. The van der Waals surface area contributed by atoms with Gasteiger partial charge in [-0.05, 0) is 51.8 Å². The van der Waals surface area contributed by atoms with E-state index in [2.05, 4.69) is 9.88 Å². The van der Waals surface area contributed by atoms with E-state index in [0.29, 0.717) is 23.0 Å². The van der Waals surface area contributed by atoms with E-state index in [1.165, 1.54) is 4.90 Å². The number of esters is 1. The number of nitrogens with one attached hydrogen (secondary N) is 1. The van der Waals surface area contributed by atoms with Gasteiger partial charge in [0, 0.05) is 29.9 Å². The number of rotatable bonds is 4. The monoisotopic (exact) mass is 395 g/mol. The summed E-state index contributed by atoms with van der Waals surface area (Å²) in [6.07, 6.45) is 2.43. The third-order valence-corrected chi connectivity index (χ3v) is 5.57. The van der Waals surface area contributed by atoms with E-state index >= 15 is 0 Å². The van der Waals surface area contributed by atoms with Crippen LogP contribution in [0.3, 0.4) is 0 Å². The molecule has 2 amide bonds. The molecule has 1 atom stereocenters. The Morgan fingerprint density at radius 3 is 2.66 bits per heavy atom. The number of anilines is 2. The maximum absolute atomic E-state index is 12.9. The number of aromatic nitrogens is 1. The second kappa shape index (κ2) is 7.39. The first-order valence-corrected chi connectivity index (χ1v) is 9.93. The lowest BCUT2D eigenvalue weighted by Crippen LogP contribution is -2.41. The highest BCUT2D eigenvalue weighted by Gasteiger charge is 2.31. The van der Waals surface area contributed by atoms with Gasteiger partial charge in [-0.3, -0.25) is 9.59 Å². The smallest absolute Gasteiger partial charge is 0.340 e. The fourth-order valence-electron chi connectivity index (χ4n) is 4.12. The molecule has 1 unspecified atom stereocenters. The molecular formula is C22H25N3O4. The molecule has 1 fully saturated rings. The number of nitrogens with zero attached hydrogens (tertiary/aromatic N) is 2. The number of carbonyl (C=O) groups excluding carboxylic acids is 3. The van der Waals surface area contributed by atoms with Gasteiger partial charge >= 0.3 is 5.97 Å². The highest BCUT2D eigenvalue weighted by atomic mass is 16.5. The van der Waals surface area contributed by atoms with Gasteiger partial charge in [0.05, 0.1) is 16.9 Å². The molecule has 1 N–H and O–H groups in total. The molecule has 152 valence electrons. The largest absolute Gasteiger partial charge is 0.452 e. The fourth-order valence-corrected chi connectivity index (χ4v) is 4.12. The standard InChI is InChI=1S/C22H25N3O4/c1-13-10-17(15(3)24(13)16-8-9-16)22(28)29-12-21(27)25-14(2)11-20(26)23-18-6-4-5-7-19(18)25/h4-7,10,14,16H,8-9,11-12H2,1-3H3,(H,23,26). The normalized spacial score (nSPS) is 18.7. The molecule has 1 aromatic carbocycles. The van der Waals surface area contributed by atoms with E-state index in [1.807, 2.05) is 32.9 Å². The Labute approximate surface area is 169 Å². The summed E-state index contributed by atoms with van der Waals surface area (Å²) in [5, 5.41) is 2.82. The fraction of sp³-hybridized carbons (Fsp3) is 0.409. The summed E-state index contributed by atoms with van der Waals surface area (Å²) in [6, 6.07) is 9.09. The first-order valence-electron chi connectivity index (χ1n) is 9.93. The number of aryl methyl sites for hydroxylation is 1. The van der Waals surface area contributed by atoms with Crippen LogP contribution in [0.4, 0.5) is 11.4 Å². The van der Waals surface area contributed by atoms with Gasteiger partial charge in [0.25, 0.3) is 5.91 Å². The molecule has 1 aliphatic heterocycles. The number of fused-ring (bicyclic) bond motifs is 1. The average molecular weight is 395 g/mol. The summed E-state index contributed by atoms with van der Waals surface area (Å²) in [5.74, 6) is -1.00. The van der Waals surface area contributed by atoms with Crippen LogP contribution in [0.25, 0.3) is 0 Å². The van der Waals surface area contributed by atoms with Crippen molar-refractivity contribution < 1.29 is 19.1 Å². The molecule has 7 nitrogen and oxygen atoms in total. The lowest BCUT2D eigenvalue weighted by Gasteiger charge is -2.27. The van der Waals surface area contributed by atoms with E-state index in [9.17, 15) is 14.4 Å². The lowest BCUT2D eigenvalue weighted by atomic mass is 10.1. The highest BCUT2D eigenvalue weighted by molar-refractivity contribution is 6.05. The van der Waals surface area contributed by atoms with Crippen molar-refractivity contribution >= 4 is 29.2 Å². The number of amides is 2. The molecule has 4 rings (SSSR count). The molecule has 0 saturated heterocycles. The van der Waals surface area contributed by atoms with E-state index in [-0.39, 0.29) is 30.9 Å². The van der Waals surface area contributed by atoms with Crippen LogP contribution in [0.1, 0.15) is 54.0 Å². The molecule has 29 heavy (non-hydrogen) atoms.